The molecule has 1 heterocycles. The molecule has 1 aromatic rings. The fourth-order valence-corrected chi connectivity index (χ4v) is 2.13. The second kappa shape index (κ2) is 6.20. The van der Waals surface area contributed by atoms with Crippen molar-refractivity contribution in [1.29, 1.82) is 0 Å². The maximum Gasteiger partial charge on any atom is 0.573 e. The van der Waals surface area contributed by atoms with Crippen molar-refractivity contribution in [3.8, 4) is 5.75 Å². The molecule has 1 aromatic carbocycles. The summed E-state index contributed by atoms with van der Waals surface area (Å²) >= 11 is 0. The highest BCUT2D eigenvalue weighted by molar-refractivity contribution is 5.85. The number of carbonyl (C=O) groups excluding carboxylic acids is 1. The lowest BCUT2D eigenvalue weighted by Crippen LogP contribution is -2.46. The van der Waals surface area contributed by atoms with Crippen molar-refractivity contribution >= 4 is 18.5 Å². The Morgan fingerprint density at radius 1 is 1.36 bits per heavy atom. The van der Waals surface area contributed by atoms with Crippen LogP contribution in [0, 0.1) is 11.2 Å². The molecule has 4 nitrogen and oxygen atoms in total. The summed E-state index contributed by atoms with van der Waals surface area (Å²) in [5.41, 5.74) is -0.198. The Balaban J connectivity index is 0.00000242. The summed E-state index contributed by atoms with van der Waals surface area (Å²) in [5.74, 6) is -2.07. The SMILES string of the molecule is CC1(C)COC(=O)N[C@@H]1c1ccc(OC(F)(F)F)c(F)c1.Cl. The van der Waals surface area contributed by atoms with Crippen LogP contribution in [0.3, 0.4) is 0 Å². The fourth-order valence-electron chi connectivity index (χ4n) is 2.13. The molecule has 0 saturated carbocycles. The Bertz CT molecular complexity index is 563. The molecule has 124 valence electrons. The summed E-state index contributed by atoms with van der Waals surface area (Å²) < 4.78 is 58.4. The zero-order chi connectivity index (χ0) is 15.8. The first kappa shape index (κ1) is 18.3. The van der Waals surface area contributed by atoms with Crippen molar-refractivity contribution in [3.63, 3.8) is 0 Å². The van der Waals surface area contributed by atoms with E-state index in [2.05, 4.69) is 10.1 Å². The van der Waals surface area contributed by atoms with Crippen molar-refractivity contribution in [2.24, 2.45) is 5.41 Å². The smallest absolute Gasteiger partial charge is 0.449 e. The largest absolute Gasteiger partial charge is 0.573 e. The molecule has 1 aliphatic rings. The summed E-state index contributed by atoms with van der Waals surface area (Å²) in [7, 11) is 0. The average Bonchev–Trinajstić information content (AvgIpc) is 2.33. The first-order chi connectivity index (χ1) is 9.58. The monoisotopic (exact) mass is 343 g/mol. The van der Waals surface area contributed by atoms with Gasteiger partial charge in [0.2, 0.25) is 0 Å². The van der Waals surface area contributed by atoms with Gasteiger partial charge in [-0.25, -0.2) is 9.18 Å². The van der Waals surface area contributed by atoms with E-state index in [9.17, 15) is 22.4 Å². The van der Waals surface area contributed by atoms with Crippen LogP contribution in [0.2, 0.25) is 0 Å². The topological polar surface area (TPSA) is 47.6 Å². The number of alkyl halides is 3. The van der Waals surface area contributed by atoms with Gasteiger partial charge in [0.05, 0.1) is 6.04 Å². The number of amides is 1. The fraction of sp³-hybridized carbons (Fsp3) is 0.462. The molecular formula is C13H14ClF4NO3. The molecule has 1 atom stereocenters. The number of benzene rings is 1. The standard InChI is InChI=1S/C13H13F4NO3.ClH/c1-12(2)6-20-11(19)18-10(12)7-3-4-9(8(14)5-7)21-13(15,16)17;/h3-5,10H,6H2,1-2H3,(H,18,19);1H/t10-;/m1./s1. The Morgan fingerprint density at radius 2 is 2.00 bits per heavy atom. The zero-order valence-corrected chi connectivity index (χ0v) is 12.5. The predicted octanol–water partition coefficient (Wildman–Crippen LogP) is 3.95. The van der Waals surface area contributed by atoms with E-state index in [1.54, 1.807) is 13.8 Å². The van der Waals surface area contributed by atoms with E-state index in [0.717, 1.165) is 12.1 Å². The van der Waals surface area contributed by atoms with Crippen LogP contribution in [0.5, 0.6) is 5.75 Å². The summed E-state index contributed by atoms with van der Waals surface area (Å²) in [6.45, 7) is 3.69. The van der Waals surface area contributed by atoms with Gasteiger partial charge in [0.15, 0.2) is 11.6 Å². The van der Waals surface area contributed by atoms with Crippen LogP contribution in [0.4, 0.5) is 22.4 Å². The van der Waals surface area contributed by atoms with Crippen molar-refractivity contribution in [2.45, 2.75) is 26.3 Å². The highest BCUT2D eigenvalue weighted by atomic mass is 35.5. The molecule has 9 heteroatoms. The number of hydrogen-bond donors (Lipinski definition) is 1. The molecule has 0 bridgehead atoms. The first-order valence-electron chi connectivity index (χ1n) is 6.07. The van der Waals surface area contributed by atoms with Crippen LogP contribution >= 0.6 is 12.4 Å². The Labute approximate surface area is 130 Å². The lowest BCUT2D eigenvalue weighted by Gasteiger charge is -2.38. The van der Waals surface area contributed by atoms with Gasteiger partial charge >= 0.3 is 12.5 Å². The van der Waals surface area contributed by atoms with Crippen LogP contribution < -0.4 is 10.1 Å². The Hall–Kier alpha value is -1.70. The number of cyclic esters (lactones) is 1. The van der Waals surface area contributed by atoms with Crippen LogP contribution in [-0.2, 0) is 4.74 Å². The third-order valence-electron chi connectivity index (χ3n) is 3.13. The van der Waals surface area contributed by atoms with E-state index in [4.69, 9.17) is 4.74 Å². The molecule has 1 aliphatic heterocycles. The van der Waals surface area contributed by atoms with Crippen LogP contribution in [0.15, 0.2) is 18.2 Å². The third-order valence-corrected chi connectivity index (χ3v) is 3.13. The molecule has 0 unspecified atom stereocenters. The molecule has 0 spiro atoms. The number of ether oxygens (including phenoxy) is 2. The maximum absolute atomic E-state index is 13.7. The highest BCUT2D eigenvalue weighted by Crippen LogP contribution is 2.38. The predicted molar refractivity (Wildman–Crippen MR) is 71.3 cm³/mol. The lowest BCUT2D eigenvalue weighted by molar-refractivity contribution is -0.275. The molecule has 1 fully saturated rings. The molecule has 0 radical (unpaired) electrons. The van der Waals surface area contributed by atoms with Gasteiger partial charge in [-0.1, -0.05) is 19.9 Å². The summed E-state index contributed by atoms with van der Waals surface area (Å²) in [6, 6.07) is 2.50. The van der Waals surface area contributed by atoms with E-state index in [1.165, 1.54) is 6.07 Å². The Morgan fingerprint density at radius 3 is 2.55 bits per heavy atom. The number of nitrogens with one attached hydrogen (secondary N) is 1. The summed E-state index contributed by atoms with van der Waals surface area (Å²) in [6.07, 6.45) is -5.62. The van der Waals surface area contributed by atoms with E-state index >= 15 is 0 Å². The van der Waals surface area contributed by atoms with Crippen molar-refractivity contribution in [3.05, 3.63) is 29.6 Å². The van der Waals surface area contributed by atoms with Gasteiger partial charge in [0.25, 0.3) is 0 Å². The molecule has 1 N–H and O–H groups in total. The lowest BCUT2D eigenvalue weighted by atomic mass is 9.80. The maximum atomic E-state index is 13.7. The molecule has 22 heavy (non-hydrogen) atoms. The number of carbonyl (C=O) groups is 1. The van der Waals surface area contributed by atoms with Crippen molar-refractivity contribution < 1.29 is 31.8 Å². The van der Waals surface area contributed by atoms with Crippen LogP contribution in [0.25, 0.3) is 0 Å². The van der Waals surface area contributed by atoms with Crippen LogP contribution in [0.1, 0.15) is 25.5 Å². The molecular weight excluding hydrogens is 330 g/mol. The van der Waals surface area contributed by atoms with Gasteiger partial charge in [-0.15, -0.1) is 25.6 Å². The van der Waals surface area contributed by atoms with E-state index < -0.39 is 35.5 Å². The van der Waals surface area contributed by atoms with Gasteiger partial charge in [0.1, 0.15) is 6.61 Å². The van der Waals surface area contributed by atoms with Gasteiger partial charge in [0, 0.05) is 5.41 Å². The highest BCUT2D eigenvalue weighted by Gasteiger charge is 2.38. The minimum absolute atomic E-state index is 0. The van der Waals surface area contributed by atoms with Gasteiger partial charge < -0.3 is 14.8 Å². The van der Waals surface area contributed by atoms with Crippen molar-refractivity contribution in [1.82, 2.24) is 5.32 Å². The van der Waals surface area contributed by atoms with Gasteiger partial charge in [-0.3, -0.25) is 0 Å². The third kappa shape index (κ3) is 4.16. The summed E-state index contributed by atoms with van der Waals surface area (Å²) in [4.78, 5) is 11.3. The molecule has 0 aromatic heterocycles. The minimum Gasteiger partial charge on any atom is -0.449 e. The van der Waals surface area contributed by atoms with Crippen molar-refractivity contribution in [2.75, 3.05) is 6.61 Å². The van der Waals surface area contributed by atoms with Gasteiger partial charge in [-0.05, 0) is 17.7 Å². The second-order valence-electron chi connectivity index (χ2n) is 5.38. The van der Waals surface area contributed by atoms with E-state index in [-0.39, 0.29) is 19.0 Å². The zero-order valence-electron chi connectivity index (χ0n) is 11.7. The number of hydrogen-bond acceptors (Lipinski definition) is 3. The molecule has 0 aliphatic carbocycles. The first-order valence-corrected chi connectivity index (χ1v) is 6.07. The molecule has 2 rings (SSSR count). The average molecular weight is 344 g/mol. The minimum atomic E-state index is -4.96. The molecule has 1 amide bonds. The summed E-state index contributed by atoms with van der Waals surface area (Å²) in [5, 5.41) is 2.53. The van der Waals surface area contributed by atoms with E-state index in [0.29, 0.717) is 5.56 Å². The Kier molecular flexibility index (Phi) is 5.17. The quantitative estimate of drug-likeness (QED) is 0.827. The number of alkyl carbamates (subject to hydrolysis) is 1. The van der Waals surface area contributed by atoms with Crippen LogP contribution in [-0.4, -0.2) is 19.1 Å². The molecule has 1 saturated heterocycles. The van der Waals surface area contributed by atoms with E-state index in [1.807, 2.05) is 0 Å². The normalized spacial score (nSPS) is 20.5. The van der Waals surface area contributed by atoms with Gasteiger partial charge in [-0.2, -0.15) is 0 Å². The number of halogens is 5. The second-order valence-corrected chi connectivity index (χ2v) is 5.38. The number of rotatable bonds is 2.